The summed E-state index contributed by atoms with van der Waals surface area (Å²) in [4.78, 5) is 12.7. The van der Waals surface area contributed by atoms with Crippen LogP contribution in [0.4, 0.5) is 11.7 Å². The number of nitrogens with one attached hydrogen (secondary N) is 1. The van der Waals surface area contributed by atoms with Gasteiger partial charge in [-0.15, -0.1) is 0 Å². The van der Waals surface area contributed by atoms with Crippen molar-refractivity contribution < 1.29 is 9.62 Å². The van der Waals surface area contributed by atoms with Crippen molar-refractivity contribution in [1.82, 2.24) is 15.0 Å². The number of nitrogens with zero attached hydrogens (tertiary/aromatic N) is 4. The summed E-state index contributed by atoms with van der Waals surface area (Å²) < 4.78 is 5.69. The number of rotatable bonds is 5. The normalized spacial score (nSPS) is 14.5. The van der Waals surface area contributed by atoms with Crippen molar-refractivity contribution >= 4 is 17.5 Å². The highest BCUT2D eigenvalue weighted by Crippen LogP contribution is 2.40. The Hall–Kier alpha value is -3.42. The van der Waals surface area contributed by atoms with Crippen LogP contribution in [-0.2, 0) is 0 Å². The summed E-state index contributed by atoms with van der Waals surface area (Å²) >= 11 is 0. The molecule has 0 radical (unpaired) electrons. The van der Waals surface area contributed by atoms with Gasteiger partial charge in [0.05, 0.1) is 18.1 Å². The summed E-state index contributed by atoms with van der Waals surface area (Å²) in [6, 6.07) is 7.73. The molecule has 3 aromatic heterocycles. The zero-order valence-electron chi connectivity index (χ0n) is 13.3. The molecule has 8 nitrogen and oxygen atoms in total. The van der Waals surface area contributed by atoms with E-state index in [1.54, 1.807) is 24.5 Å². The van der Waals surface area contributed by atoms with Crippen LogP contribution in [0.3, 0.4) is 0 Å². The maximum atomic E-state index is 8.63. The predicted molar refractivity (Wildman–Crippen MR) is 91.7 cm³/mol. The third-order valence-corrected chi connectivity index (χ3v) is 3.98. The molecule has 3 heterocycles. The number of nitrogens with two attached hydrogens (primary N) is 1. The minimum absolute atomic E-state index is 0.0503. The molecule has 8 heteroatoms. The lowest BCUT2D eigenvalue weighted by atomic mass is 10.2. The highest BCUT2D eigenvalue weighted by molar-refractivity contribution is 5.95. The number of hydrogen-bond acceptors (Lipinski definition) is 7. The maximum Gasteiger partial charge on any atom is 0.299 e. The largest absolute Gasteiger partial charge is 0.422 e. The second-order valence-corrected chi connectivity index (χ2v) is 5.82. The lowest BCUT2D eigenvalue weighted by molar-refractivity contribution is 0.318. The van der Waals surface area contributed by atoms with Gasteiger partial charge in [0.15, 0.2) is 11.6 Å². The highest BCUT2D eigenvalue weighted by Gasteiger charge is 2.23. The minimum Gasteiger partial charge on any atom is -0.422 e. The first-order valence-electron chi connectivity index (χ1n) is 7.86. The molecule has 1 saturated carbocycles. The summed E-state index contributed by atoms with van der Waals surface area (Å²) in [5, 5.41) is 14.5. The summed E-state index contributed by atoms with van der Waals surface area (Å²) in [5.74, 6) is 1.21. The van der Waals surface area contributed by atoms with Gasteiger partial charge in [-0.1, -0.05) is 11.2 Å². The van der Waals surface area contributed by atoms with E-state index in [-0.39, 0.29) is 5.84 Å². The zero-order valence-corrected chi connectivity index (χ0v) is 13.3. The molecular formula is C17H16N6O2. The van der Waals surface area contributed by atoms with Crippen molar-refractivity contribution in [3.8, 4) is 11.5 Å². The number of amidine groups is 1. The summed E-state index contributed by atoms with van der Waals surface area (Å²) in [7, 11) is 0. The second-order valence-electron chi connectivity index (χ2n) is 5.82. The topological polar surface area (TPSA) is 122 Å². The lowest BCUT2D eigenvalue weighted by Crippen LogP contribution is -2.14. The third-order valence-electron chi connectivity index (χ3n) is 3.98. The van der Waals surface area contributed by atoms with Crippen LogP contribution in [0.25, 0.3) is 11.5 Å². The molecule has 1 fully saturated rings. The van der Waals surface area contributed by atoms with Crippen molar-refractivity contribution in [2.75, 3.05) is 5.32 Å². The van der Waals surface area contributed by atoms with E-state index in [0.29, 0.717) is 29.1 Å². The molecule has 3 aromatic rings. The molecule has 4 N–H and O–H groups in total. The minimum atomic E-state index is -0.0503. The van der Waals surface area contributed by atoms with Crippen LogP contribution in [-0.4, -0.2) is 26.0 Å². The van der Waals surface area contributed by atoms with Gasteiger partial charge in [-0.25, -0.2) is 4.98 Å². The first-order chi connectivity index (χ1) is 12.2. The summed E-state index contributed by atoms with van der Waals surface area (Å²) in [5.41, 5.74) is 8.54. The Morgan fingerprint density at radius 1 is 1.12 bits per heavy atom. The fourth-order valence-electron chi connectivity index (χ4n) is 2.45. The van der Waals surface area contributed by atoms with E-state index in [1.807, 2.05) is 12.3 Å². The Morgan fingerprint density at radius 2 is 2.00 bits per heavy atom. The van der Waals surface area contributed by atoms with Gasteiger partial charge in [0.2, 0.25) is 0 Å². The number of anilines is 2. The second kappa shape index (κ2) is 6.23. The van der Waals surface area contributed by atoms with Crippen LogP contribution < -0.4 is 11.1 Å². The molecular weight excluding hydrogens is 320 g/mol. The highest BCUT2D eigenvalue weighted by atomic mass is 16.4. The monoisotopic (exact) mass is 336 g/mol. The number of oxime groups is 1. The lowest BCUT2D eigenvalue weighted by Gasteiger charge is -2.03. The number of pyridine rings is 2. The van der Waals surface area contributed by atoms with E-state index in [1.165, 1.54) is 18.4 Å². The van der Waals surface area contributed by atoms with E-state index in [2.05, 4.69) is 31.5 Å². The molecule has 0 bridgehead atoms. The number of aromatic nitrogens is 3. The quantitative estimate of drug-likeness (QED) is 0.283. The number of hydrogen-bond donors (Lipinski definition) is 3. The third kappa shape index (κ3) is 3.27. The maximum absolute atomic E-state index is 8.63. The van der Waals surface area contributed by atoms with E-state index < -0.39 is 0 Å². The average molecular weight is 336 g/mol. The smallest absolute Gasteiger partial charge is 0.299 e. The van der Waals surface area contributed by atoms with Gasteiger partial charge in [-0.05, 0) is 42.5 Å². The van der Waals surface area contributed by atoms with Gasteiger partial charge in [0.1, 0.15) is 11.4 Å². The zero-order chi connectivity index (χ0) is 17.2. The standard InChI is InChI=1S/C17H16N6O2/c18-16(23-24)14-6-4-12(8-20-14)22-17-21-9-15(25-17)13-5-3-11(7-19-13)10-1-2-10/h3-10,24H,1-2H2,(H2,18,23)(H,21,22). The molecule has 1 aliphatic carbocycles. The summed E-state index contributed by atoms with van der Waals surface area (Å²) in [6.07, 6.45) is 7.57. The van der Waals surface area contributed by atoms with E-state index in [9.17, 15) is 0 Å². The van der Waals surface area contributed by atoms with E-state index in [4.69, 9.17) is 15.4 Å². The van der Waals surface area contributed by atoms with Crippen LogP contribution in [0.5, 0.6) is 0 Å². The first kappa shape index (κ1) is 15.1. The SMILES string of the molecule is NC(=NO)c1ccc(Nc2ncc(-c3ccc(C4CC4)cn3)o2)cn1. The first-order valence-corrected chi connectivity index (χ1v) is 7.86. The fraction of sp³-hybridized carbons (Fsp3) is 0.176. The molecule has 1 aliphatic rings. The van der Waals surface area contributed by atoms with E-state index >= 15 is 0 Å². The van der Waals surface area contributed by atoms with Crippen LogP contribution in [0, 0.1) is 0 Å². The van der Waals surface area contributed by atoms with Crippen LogP contribution >= 0.6 is 0 Å². The molecule has 0 amide bonds. The van der Waals surface area contributed by atoms with Gasteiger partial charge >= 0.3 is 0 Å². The Bertz CT molecular complexity index is 898. The Balaban J connectivity index is 1.47. The Labute approximate surface area is 143 Å². The van der Waals surface area contributed by atoms with Gasteiger partial charge < -0.3 is 20.7 Å². The molecule has 0 spiro atoms. The van der Waals surface area contributed by atoms with Crippen molar-refractivity contribution in [2.24, 2.45) is 10.9 Å². The van der Waals surface area contributed by atoms with Crippen molar-refractivity contribution in [3.05, 3.63) is 54.1 Å². The van der Waals surface area contributed by atoms with Crippen molar-refractivity contribution in [2.45, 2.75) is 18.8 Å². The molecule has 0 aromatic carbocycles. The average Bonchev–Trinajstić information content (AvgIpc) is 3.41. The van der Waals surface area contributed by atoms with Crippen molar-refractivity contribution in [1.29, 1.82) is 0 Å². The Kier molecular flexibility index (Phi) is 3.77. The van der Waals surface area contributed by atoms with Gasteiger partial charge in [-0.3, -0.25) is 9.97 Å². The van der Waals surface area contributed by atoms with Crippen molar-refractivity contribution in [3.63, 3.8) is 0 Å². The molecule has 4 rings (SSSR count). The number of oxazole rings is 1. The molecule has 0 aliphatic heterocycles. The molecule has 0 atom stereocenters. The molecule has 0 saturated heterocycles. The molecule has 0 unspecified atom stereocenters. The predicted octanol–water partition coefficient (Wildman–Crippen LogP) is 2.85. The van der Waals surface area contributed by atoms with E-state index in [0.717, 1.165) is 5.69 Å². The summed E-state index contributed by atoms with van der Waals surface area (Å²) in [6.45, 7) is 0. The van der Waals surface area contributed by atoms with Crippen LogP contribution in [0.2, 0.25) is 0 Å². The van der Waals surface area contributed by atoms with Crippen LogP contribution in [0.1, 0.15) is 30.0 Å². The fourth-order valence-corrected chi connectivity index (χ4v) is 2.45. The van der Waals surface area contributed by atoms with Crippen LogP contribution in [0.15, 0.2) is 52.4 Å². The van der Waals surface area contributed by atoms with Gasteiger partial charge in [-0.2, -0.15) is 0 Å². The van der Waals surface area contributed by atoms with Gasteiger partial charge in [0, 0.05) is 6.20 Å². The Morgan fingerprint density at radius 3 is 2.64 bits per heavy atom. The molecule has 25 heavy (non-hydrogen) atoms. The van der Waals surface area contributed by atoms with Gasteiger partial charge in [0.25, 0.3) is 6.01 Å². The molecule has 126 valence electrons.